The number of nitrogens with one attached hydrogen (secondary N) is 1. The smallest absolute Gasteiger partial charge is 0.309 e. The molecular weight excluding hydrogens is 342 g/mol. The van der Waals surface area contributed by atoms with Gasteiger partial charge in [0.05, 0.1) is 18.7 Å². The van der Waals surface area contributed by atoms with Crippen molar-refractivity contribution in [3.8, 4) is 11.3 Å². The van der Waals surface area contributed by atoms with Crippen LogP contribution < -0.4 is 0 Å². The van der Waals surface area contributed by atoms with Crippen molar-refractivity contribution in [3.05, 3.63) is 71.4 Å². The monoisotopic (exact) mass is 361 g/mol. The van der Waals surface area contributed by atoms with E-state index in [1.54, 1.807) is 18.6 Å². The van der Waals surface area contributed by atoms with Crippen LogP contribution in [0.15, 0.2) is 48.9 Å². The molecule has 1 aliphatic carbocycles. The molecule has 0 radical (unpaired) electrons. The molecule has 1 N–H and O–H groups in total. The molecule has 1 aliphatic rings. The number of aromatic amines is 1. The van der Waals surface area contributed by atoms with Crippen LogP contribution in [0.5, 0.6) is 0 Å². The normalized spacial score (nSPS) is 16.0. The lowest BCUT2D eigenvalue weighted by Crippen LogP contribution is -2.27. The van der Waals surface area contributed by atoms with E-state index in [0.717, 1.165) is 28.2 Å². The second kappa shape index (κ2) is 7.15. The summed E-state index contributed by atoms with van der Waals surface area (Å²) >= 11 is 0. The highest BCUT2D eigenvalue weighted by atomic mass is 16.5. The van der Waals surface area contributed by atoms with Crippen molar-refractivity contribution >= 4 is 11.8 Å². The number of carbonyl (C=O) groups is 2. The fourth-order valence-electron chi connectivity index (χ4n) is 3.69. The highest BCUT2D eigenvalue weighted by Gasteiger charge is 2.35. The Morgan fingerprint density at radius 1 is 1.19 bits per heavy atom. The minimum atomic E-state index is -0.443. The minimum Gasteiger partial charge on any atom is -0.469 e. The number of ketones is 1. The Kier molecular flexibility index (Phi) is 4.54. The van der Waals surface area contributed by atoms with Crippen LogP contribution in [0.1, 0.15) is 33.7 Å². The number of hydrogen-bond acceptors (Lipinski definition) is 5. The summed E-state index contributed by atoms with van der Waals surface area (Å²) in [6.07, 6.45) is 6.36. The first-order valence-corrected chi connectivity index (χ1v) is 8.82. The predicted octanol–water partition coefficient (Wildman–Crippen LogP) is 2.98. The quantitative estimate of drug-likeness (QED) is 0.722. The van der Waals surface area contributed by atoms with Crippen LogP contribution in [0.2, 0.25) is 0 Å². The van der Waals surface area contributed by atoms with Gasteiger partial charge in [-0.2, -0.15) is 0 Å². The van der Waals surface area contributed by atoms with E-state index >= 15 is 0 Å². The molecule has 0 bridgehead atoms. The Morgan fingerprint density at radius 3 is 2.70 bits per heavy atom. The molecule has 0 amide bonds. The zero-order valence-electron chi connectivity index (χ0n) is 14.9. The first kappa shape index (κ1) is 17.1. The number of aromatic nitrogens is 3. The highest BCUT2D eigenvalue weighted by molar-refractivity contribution is 6.03. The van der Waals surface area contributed by atoms with Crippen LogP contribution >= 0.6 is 0 Å². The Labute approximate surface area is 156 Å². The summed E-state index contributed by atoms with van der Waals surface area (Å²) in [6.45, 7) is 0. The Morgan fingerprint density at radius 2 is 2.00 bits per heavy atom. The first-order chi connectivity index (χ1) is 13.2. The SMILES string of the molecule is COC(=O)C1CC(=O)c2c([nH]c(-c3ccncc3)c2Cc2ccccn2)C1. The molecule has 0 aliphatic heterocycles. The number of H-pyrrole nitrogens is 1. The lowest BCUT2D eigenvalue weighted by Gasteiger charge is -2.19. The van der Waals surface area contributed by atoms with E-state index in [4.69, 9.17) is 4.74 Å². The fourth-order valence-corrected chi connectivity index (χ4v) is 3.69. The molecular formula is C21H19N3O3. The van der Waals surface area contributed by atoms with Gasteiger partial charge in [0, 0.05) is 60.4 Å². The lowest BCUT2D eigenvalue weighted by molar-refractivity contribution is -0.145. The summed E-state index contributed by atoms with van der Waals surface area (Å²) in [5, 5.41) is 0. The van der Waals surface area contributed by atoms with Crippen LogP contribution in [0.4, 0.5) is 0 Å². The molecule has 0 spiro atoms. The van der Waals surface area contributed by atoms with Crippen LogP contribution in [-0.4, -0.2) is 33.8 Å². The summed E-state index contributed by atoms with van der Waals surface area (Å²) in [4.78, 5) is 36.8. The van der Waals surface area contributed by atoms with Crippen LogP contribution in [0.25, 0.3) is 11.3 Å². The molecule has 3 aromatic heterocycles. The molecule has 0 aromatic carbocycles. The summed E-state index contributed by atoms with van der Waals surface area (Å²) < 4.78 is 4.85. The highest BCUT2D eigenvalue weighted by Crippen LogP contribution is 2.36. The summed E-state index contributed by atoms with van der Waals surface area (Å²) in [5.41, 5.74) is 5.12. The average Bonchev–Trinajstić information content (AvgIpc) is 3.07. The lowest BCUT2D eigenvalue weighted by atomic mass is 9.84. The molecule has 1 atom stereocenters. The van der Waals surface area contributed by atoms with Crippen molar-refractivity contribution < 1.29 is 14.3 Å². The van der Waals surface area contributed by atoms with Gasteiger partial charge in [0.25, 0.3) is 0 Å². The van der Waals surface area contributed by atoms with Crippen molar-refractivity contribution in [3.63, 3.8) is 0 Å². The van der Waals surface area contributed by atoms with Gasteiger partial charge in [-0.25, -0.2) is 0 Å². The van der Waals surface area contributed by atoms with Gasteiger partial charge in [0.2, 0.25) is 0 Å². The number of Topliss-reactive ketones (excluding diaryl/α,β-unsaturated/α-hetero) is 1. The Hall–Kier alpha value is -3.28. The number of methoxy groups -OCH3 is 1. The molecule has 6 heteroatoms. The molecule has 3 heterocycles. The van der Waals surface area contributed by atoms with E-state index in [2.05, 4.69) is 15.0 Å². The number of ether oxygens (including phenoxy) is 1. The van der Waals surface area contributed by atoms with Gasteiger partial charge in [0.15, 0.2) is 5.78 Å². The van der Waals surface area contributed by atoms with Gasteiger partial charge in [-0.15, -0.1) is 0 Å². The molecule has 136 valence electrons. The van der Waals surface area contributed by atoms with E-state index in [0.29, 0.717) is 18.4 Å². The van der Waals surface area contributed by atoms with E-state index in [-0.39, 0.29) is 18.2 Å². The number of pyridine rings is 2. The second-order valence-corrected chi connectivity index (χ2v) is 6.62. The van der Waals surface area contributed by atoms with Crippen molar-refractivity contribution in [2.45, 2.75) is 19.3 Å². The maximum Gasteiger partial charge on any atom is 0.309 e. The largest absolute Gasteiger partial charge is 0.469 e. The molecule has 0 fully saturated rings. The van der Waals surface area contributed by atoms with Gasteiger partial charge in [-0.05, 0) is 29.8 Å². The molecule has 4 rings (SSSR count). The van der Waals surface area contributed by atoms with Gasteiger partial charge in [0.1, 0.15) is 0 Å². The van der Waals surface area contributed by atoms with Gasteiger partial charge >= 0.3 is 5.97 Å². The fraction of sp³-hybridized carbons (Fsp3) is 0.238. The van der Waals surface area contributed by atoms with Crippen molar-refractivity contribution in [2.75, 3.05) is 7.11 Å². The third-order valence-corrected chi connectivity index (χ3v) is 4.93. The van der Waals surface area contributed by atoms with Gasteiger partial charge < -0.3 is 9.72 Å². The van der Waals surface area contributed by atoms with E-state index < -0.39 is 5.92 Å². The van der Waals surface area contributed by atoms with Crippen LogP contribution in [0, 0.1) is 5.92 Å². The zero-order chi connectivity index (χ0) is 18.8. The van der Waals surface area contributed by atoms with Crippen molar-refractivity contribution in [1.82, 2.24) is 15.0 Å². The standard InChI is InChI=1S/C21H19N3O3/c1-27-21(26)14-10-17-19(18(25)11-14)16(12-15-4-2-3-7-23-15)20(24-17)13-5-8-22-9-6-13/h2-9,14,24H,10-12H2,1H3. The third-order valence-electron chi connectivity index (χ3n) is 4.93. The Bertz CT molecular complexity index is 981. The third kappa shape index (κ3) is 3.26. The maximum atomic E-state index is 12.9. The second-order valence-electron chi connectivity index (χ2n) is 6.62. The topological polar surface area (TPSA) is 84.9 Å². The van der Waals surface area contributed by atoms with Gasteiger partial charge in [-0.1, -0.05) is 6.07 Å². The van der Waals surface area contributed by atoms with Crippen LogP contribution in [0.3, 0.4) is 0 Å². The average molecular weight is 361 g/mol. The summed E-state index contributed by atoms with van der Waals surface area (Å²) in [5.74, 6) is -0.823. The first-order valence-electron chi connectivity index (χ1n) is 8.82. The number of fused-ring (bicyclic) bond motifs is 1. The molecule has 0 saturated carbocycles. The number of rotatable bonds is 4. The molecule has 0 saturated heterocycles. The summed E-state index contributed by atoms with van der Waals surface area (Å²) in [6, 6.07) is 9.55. The van der Waals surface area contributed by atoms with Crippen molar-refractivity contribution in [1.29, 1.82) is 0 Å². The number of nitrogens with zero attached hydrogens (tertiary/aromatic N) is 2. The van der Waals surface area contributed by atoms with Crippen molar-refractivity contribution in [2.24, 2.45) is 5.92 Å². The minimum absolute atomic E-state index is 0.0332. The Balaban J connectivity index is 1.82. The predicted molar refractivity (Wildman–Crippen MR) is 99.2 cm³/mol. The van der Waals surface area contributed by atoms with Crippen LogP contribution in [-0.2, 0) is 22.4 Å². The number of esters is 1. The van der Waals surface area contributed by atoms with Gasteiger partial charge in [-0.3, -0.25) is 19.6 Å². The van der Waals surface area contributed by atoms with E-state index in [9.17, 15) is 9.59 Å². The molecule has 6 nitrogen and oxygen atoms in total. The zero-order valence-corrected chi connectivity index (χ0v) is 14.9. The van der Waals surface area contributed by atoms with E-state index in [1.807, 2.05) is 30.3 Å². The molecule has 27 heavy (non-hydrogen) atoms. The maximum absolute atomic E-state index is 12.9. The molecule has 1 unspecified atom stereocenters. The number of carbonyl (C=O) groups excluding carboxylic acids is 2. The molecule has 3 aromatic rings. The van der Waals surface area contributed by atoms with E-state index in [1.165, 1.54) is 7.11 Å². The number of hydrogen-bond donors (Lipinski definition) is 1. The summed E-state index contributed by atoms with van der Waals surface area (Å²) in [7, 11) is 1.35.